The smallest absolute Gasteiger partial charge is 0.149 e. The molecule has 0 amide bonds. The minimum Gasteiger partial charge on any atom is -0.507 e. The summed E-state index contributed by atoms with van der Waals surface area (Å²) in [5, 5.41) is 12.6. The number of pyridine rings is 1. The third-order valence-electron chi connectivity index (χ3n) is 12.4. The summed E-state index contributed by atoms with van der Waals surface area (Å²) in [5.74, 6) is -0.538. The van der Waals surface area contributed by atoms with Gasteiger partial charge in [-0.15, -0.1) is 0 Å². The number of para-hydroxylation sites is 1. The van der Waals surface area contributed by atoms with Gasteiger partial charge in [0.25, 0.3) is 0 Å². The zero-order chi connectivity index (χ0) is 55.2. The van der Waals surface area contributed by atoms with E-state index in [-0.39, 0.29) is 16.6 Å². The van der Waals surface area contributed by atoms with Gasteiger partial charge in [-0.05, 0) is 121 Å². The molecule has 0 saturated carbocycles. The average Bonchev–Trinajstić information content (AvgIpc) is 3.68. The summed E-state index contributed by atoms with van der Waals surface area (Å²) >= 11 is 0. The van der Waals surface area contributed by atoms with Crippen molar-refractivity contribution in [2.45, 2.75) is 124 Å². The lowest BCUT2D eigenvalue weighted by molar-refractivity contribution is 0.446. The molecule has 2 heterocycles. The first-order valence-electron chi connectivity index (χ1n) is 27.4. The average molecular weight is 868 g/mol. The molecule has 4 heteroatoms. The summed E-state index contributed by atoms with van der Waals surface area (Å²) in [6, 6.07) is 41.6. The first kappa shape index (κ1) is 34.1. The maximum Gasteiger partial charge on any atom is 0.149 e. The monoisotopic (exact) mass is 868 g/mol. The molecule has 0 aliphatic rings. The van der Waals surface area contributed by atoms with Crippen molar-refractivity contribution in [2.24, 2.45) is 0 Å². The molecule has 0 atom stereocenters. The largest absolute Gasteiger partial charge is 0.507 e. The van der Waals surface area contributed by atoms with Crippen LogP contribution in [0.3, 0.4) is 0 Å². The highest BCUT2D eigenvalue weighted by molar-refractivity contribution is 5.98. The molecule has 0 spiro atoms. The van der Waals surface area contributed by atoms with E-state index in [1.165, 1.54) is 12.1 Å². The Morgan fingerprint density at radius 3 is 1.86 bits per heavy atom. The second-order valence-corrected chi connectivity index (χ2v) is 20.8. The van der Waals surface area contributed by atoms with Crippen molar-refractivity contribution in [1.29, 1.82) is 0 Å². The Morgan fingerprint density at radius 1 is 0.538 bits per heavy atom. The van der Waals surface area contributed by atoms with E-state index in [1.807, 2.05) is 136 Å². The molecule has 0 fully saturated rings. The molecule has 0 aliphatic heterocycles. The number of nitrogens with zero attached hydrogens (tertiary/aromatic N) is 3. The Morgan fingerprint density at radius 2 is 1.22 bits per heavy atom. The molecule has 332 valence electrons. The van der Waals surface area contributed by atoms with E-state index < -0.39 is 42.8 Å². The molecule has 0 radical (unpaired) electrons. The summed E-state index contributed by atoms with van der Waals surface area (Å²) in [5.41, 5.74) is 5.71. The highest BCUT2D eigenvalue weighted by Gasteiger charge is 2.30. The van der Waals surface area contributed by atoms with Crippen LogP contribution in [-0.4, -0.2) is 19.6 Å². The normalized spacial score (nSPS) is 15.7. The van der Waals surface area contributed by atoms with Crippen molar-refractivity contribution >= 4 is 11.0 Å². The Hall–Kier alpha value is -6.26. The molecule has 0 unspecified atom stereocenters. The number of fused-ring (bicyclic) bond motifs is 1. The standard InChI is InChI=1S/C61H67N3O/c1-38(2)41-25-28-53(49(34-41)40-19-16-15-17-20-40)64-54-22-18-21-48(55(54)63-57(64)50-36-47(60(9,10)11)37-51(56(50)65)61(12,13)14)43-31-44(33-46(32-43)59(6,7)8)52-35-42(29-30-62-52)39-23-26-45(27-24-39)58(3,4)5/h15-38,65H,1-14H3/i6D3,7D3,8D3,38D. The zero-order valence-corrected chi connectivity index (χ0v) is 39.6. The van der Waals surface area contributed by atoms with Gasteiger partial charge < -0.3 is 5.11 Å². The number of hydrogen-bond acceptors (Lipinski definition) is 3. The minimum atomic E-state index is -3.56. The number of hydrogen-bond donors (Lipinski definition) is 1. The lowest BCUT2D eigenvalue weighted by atomic mass is 9.79. The number of aromatic hydroxyl groups is 1. The predicted octanol–water partition coefficient (Wildman–Crippen LogP) is 16.8. The van der Waals surface area contributed by atoms with Crippen LogP contribution in [0.25, 0.3) is 72.7 Å². The lowest BCUT2D eigenvalue weighted by Gasteiger charge is -2.27. The van der Waals surface area contributed by atoms with E-state index in [1.54, 1.807) is 18.3 Å². The topological polar surface area (TPSA) is 50.9 Å². The van der Waals surface area contributed by atoms with E-state index in [9.17, 15) is 5.11 Å². The Balaban J connectivity index is 1.52. The number of aromatic nitrogens is 3. The Bertz CT molecular complexity index is 3390. The van der Waals surface area contributed by atoms with E-state index in [2.05, 4.69) is 53.7 Å². The minimum absolute atomic E-state index is 0.0416. The van der Waals surface area contributed by atoms with E-state index in [0.717, 1.165) is 38.9 Å². The summed E-state index contributed by atoms with van der Waals surface area (Å²) in [4.78, 5) is 10.2. The number of phenolic OH excluding ortho intramolecular Hbond substituents is 1. The van der Waals surface area contributed by atoms with Gasteiger partial charge >= 0.3 is 0 Å². The third kappa shape index (κ3) is 9.06. The van der Waals surface area contributed by atoms with Crippen LogP contribution in [0, 0.1) is 0 Å². The van der Waals surface area contributed by atoms with Crippen LogP contribution in [0.15, 0.2) is 140 Å². The molecular formula is C61H67N3O. The fourth-order valence-electron chi connectivity index (χ4n) is 8.54. The van der Waals surface area contributed by atoms with Crippen molar-refractivity contribution in [3.05, 3.63) is 167 Å². The van der Waals surface area contributed by atoms with Crippen LogP contribution in [0.4, 0.5) is 0 Å². The molecule has 0 aliphatic carbocycles. The molecule has 1 N–H and O–H groups in total. The maximum absolute atomic E-state index is 12.6. The van der Waals surface area contributed by atoms with Crippen LogP contribution in [0.5, 0.6) is 5.75 Å². The predicted molar refractivity (Wildman–Crippen MR) is 277 cm³/mol. The van der Waals surface area contributed by atoms with Crippen molar-refractivity contribution in [3.63, 3.8) is 0 Å². The van der Waals surface area contributed by atoms with E-state index in [4.69, 9.17) is 23.7 Å². The van der Waals surface area contributed by atoms with Crippen LogP contribution in [0.2, 0.25) is 0 Å². The summed E-state index contributed by atoms with van der Waals surface area (Å²) < 4.78 is 90.5. The molecule has 0 bridgehead atoms. The highest BCUT2D eigenvalue weighted by atomic mass is 16.3. The van der Waals surface area contributed by atoms with Crippen molar-refractivity contribution in [1.82, 2.24) is 14.5 Å². The van der Waals surface area contributed by atoms with Gasteiger partial charge in [0.1, 0.15) is 11.6 Å². The maximum atomic E-state index is 12.6. The summed E-state index contributed by atoms with van der Waals surface area (Å²) in [7, 11) is 0. The molecule has 2 aromatic heterocycles. The molecule has 8 aromatic rings. The van der Waals surface area contributed by atoms with Crippen molar-refractivity contribution in [2.75, 3.05) is 0 Å². The highest BCUT2D eigenvalue weighted by Crippen LogP contribution is 2.46. The van der Waals surface area contributed by atoms with Gasteiger partial charge in [-0.2, -0.15) is 0 Å². The van der Waals surface area contributed by atoms with Gasteiger partial charge in [0.2, 0.25) is 0 Å². The molecule has 65 heavy (non-hydrogen) atoms. The van der Waals surface area contributed by atoms with Gasteiger partial charge in [-0.25, -0.2) is 4.98 Å². The fourth-order valence-corrected chi connectivity index (χ4v) is 8.54. The summed E-state index contributed by atoms with van der Waals surface area (Å²) in [6.07, 6.45) is 1.62. The Labute approximate surface area is 402 Å². The number of benzene rings is 6. The lowest BCUT2D eigenvalue weighted by Crippen LogP contribution is -2.17. The molecule has 8 rings (SSSR count). The summed E-state index contributed by atoms with van der Waals surface area (Å²) in [6.45, 7) is 11.9. The quantitative estimate of drug-likeness (QED) is 0.174. The van der Waals surface area contributed by atoms with Crippen LogP contribution in [0.1, 0.15) is 144 Å². The molecular weight excluding hydrogens is 791 g/mol. The fraction of sp³-hybridized carbons (Fsp3) is 0.311. The molecule has 0 saturated heterocycles. The SMILES string of the molecule is [2H]C(C)(C)c1ccc(-n2c(-c3cc(C(C)(C)C)cc(C(C)(C)C)c3O)nc3c(-c4cc(-c5cc(-c6ccc(C(C)(C)C)cc6)ccn5)cc(C(C([2H])([2H])[2H])(C([2H])([2H])[2H])C([2H])([2H])[2H])c4)cccc32)c(-c2ccccc2)c1. The van der Waals surface area contributed by atoms with Gasteiger partial charge in [-0.3, -0.25) is 9.55 Å². The number of imidazole rings is 1. The second kappa shape index (κ2) is 16.6. The molecule has 6 aromatic carbocycles. The number of rotatable bonds is 7. The second-order valence-electron chi connectivity index (χ2n) is 20.8. The van der Waals surface area contributed by atoms with Crippen LogP contribution in [-0.2, 0) is 21.7 Å². The number of phenols is 1. The van der Waals surface area contributed by atoms with E-state index >= 15 is 0 Å². The van der Waals surface area contributed by atoms with Crippen LogP contribution < -0.4 is 0 Å². The first-order chi connectivity index (χ1) is 34.5. The Kier molecular flexibility index (Phi) is 8.73. The van der Waals surface area contributed by atoms with Crippen molar-refractivity contribution in [3.8, 4) is 67.5 Å². The van der Waals surface area contributed by atoms with Gasteiger partial charge in [0, 0.05) is 42.2 Å². The van der Waals surface area contributed by atoms with Gasteiger partial charge in [0.05, 0.1) is 28.0 Å². The van der Waals surface area contributed by atoms with Gasteiger partial charge in [0.15, 0.2) is 0 Å². The van der Waals surface area contributed by atoms with Gasteiger partial charge in [-0.1, -0.05) is 182 Å². The third-order valence-corrected chi connectivity index (χ3v) is 12.4. The van der Waals surface area contributed by atoms with Crippen LogP contribution >= 0.6 is 0 Å². The van der Waals surface area contributed by atoms with Crippen molar-refractivity contribution < 1.29 is 18.8 Å². The zero-order valence-electron chi connectivity index (χ0n) is 49.6. The molecule has 4 nitrogen and oxygen atoms in total. The van der Waals surface area contributed by atoms with E-state index in [0.29, 0.717) is 56.1 Å². The first-order valence-corrected chi connectivity index (χ1v) is 22.4.